The summed E-state index contributed by atoms with van der Waals surface area (Å²) in [6.45, 7) is 13.4. The molecule has 0 radical (unpaired) electrons. The molecule has 3 saturated heterocycles. The highest BCUT2D eigenvalue weighted by molar-refractivity contribution is 8.14. The van der Waals surface area contributed by atoms with Crippen molar-refractivity contribution in [3.05, 3.63) is 22.8 Å². The fourth-order valence-electron chi connectivity index (χ4n) is 9.92. The molecule has 4 fully saturated rings. The number of allylic oxidation sites excluding steroid dienone is 1. The van der Waals surface area contributed by atoms with Gasteiger partial charge in [-0.15, -0.1) is 23.4 Å². The number of rotatable bonds is 7. The van der Waals surface area contributed by atoms with E-state index in [0.29, 0.717) is 36.5 Å². The topological polar surface area (TPSA) is 158 Å². The Morgan fingerprint density at radius 3 is 2.20 bits per heavy atom. The highest BCUT2D eigenvalue weighted by atomic mass is 35.5. The van der Waals surface area contributed by atoms with Crippen LogP contribution in [0.4, 0.5) is 0 Å². The number of nitrogens with one attached hydrogen (secondary N) is 1. The number of fused-ring (bicyclic) bond motifs is 9. The van der Waals surface area contributed by atoms with Crippen LogP contribution in [0.25, 0.3) is 0 Å². The standard InChI is InChI=1S/C43H69ClN4O10S2/c1-23-13-16-32(49)43(7,58-37-18-15-30(48(10)11)26(4)55-37)33(50)21-35-46-42(6,40(53-12)60(35)52)39-45-28(22-59-39)38(51)57-34-20-31(27(19-23)24(2)41(34,5)44)56-36-17-14-29(47(8)9)25(3)54-36/h19,21,24-32,34,36-37,40,46,49H,13-18,20,22H2,1-12H3/b23-19-,35-21?/t24-,25-,26-,27-,28-,29-,30-,31-,32-,34-,36-,37-,40+,41-,42+,43+,60+/m1/s1. The number of carbonyl (C=O) groups is 2. The van der Waals surface area contributed by atoms with Crippen molar-refractivity contribution in [2.45, 2.75) is 176 Å². The van der Waals surface area contributed by atoms with E-state index in [9.17, 15) is 18.9 Å². The molecule has 6 aliphatic heterocycles. The number of hydrogen-bond donors (Lipinski definition) is 2. The number of ether oxygens (including phenoxy) is 6. The number of likely N-dealkylation sites (N-methyl/N-ethyl adjacent to an activating group) is 2. The molecule has 6 bridgehead atoms. The molecule has 0 amide bonds. The van der Waals surface area contributed by atoms with Gasteiger partial charge in [-0.2, -0.15) is 0 Å². The third-order valence-corrected chi connectivity index (χ3v) is 17.6. The lowest BCUT2D eigenvalue weighted by Crippen LogP contribution is -2.56. The van der Waals surface area contributed by atoms with Crippen LogP contribution < -0.4 is 5.32 Å². The molecule has 0 unspecified atom stereocenters. The van der Waals surface area contributed by atoms with Gasteiger partial charge in [-0.1, -0.05) is 18.6 Å². The number of hydrogen-bond acceptors (Lipinski definition) is 15. The smallest absolute Gasteiger partial charge is 0.332 e. The average molecular weight is 902 g/mol. The Labute approximate surface area is 368 Å². The number of carbonyl (C=O) groups excluding carboxylic acids is 2. The van der Waals surface area contributed by atoms with E-state index >= 15 is 0 Å². The Balaban J connectivity index is 1.37. The molecule has 60 heavy (non-hydrogen) atoms. The average Bonchev–Trinajstić information content (AvgIpc) is 3.77. The van der Waals surface area contributed by atoms with Crippen LogP contribution in [-0.4, -0.2) is 160 Å². The number of thioether (sulfide) groups is 1. The molecule has 0 aromatic heterocycles. The number of alkyl halides is 1. The first kappa shape index (κ1) is 48.0. The fourth-order valence-corrected chi connectivity index (χ4v) is 13.0. The zero-order valence-electron chi connectivity index (χ0n) is 37.5. The van der Waals surface area contributed by atoms with Crippen LogP contribution in [0, 0.1) is 11.8 Å². The molecule has 2 N–H and O–H groups in total. The molecule has 17 atom stereocenters. The van der Waals surface area contributed by atoms with Crippen LogP contribution in [0.5, 0.6) is 0 Å². The molecule has 0 spiro atoms. The summed E-state index contributed by atoms with van der Waals surface area (Å²) in [5, 5.41) is 16.0. The fraction of sp³-hybridized carbons (Fsp3) is 0.837. The largest absolute Gasteiger partial charge is 0.459 e. The summed E-state index contributed by atoms with van der Waals surface area (Å²) in [5.74, 6) is -1.18. The highest BCUT2D eigenvalue weighted by Gasteiger charge is 2.56. The van der Waals surface area contributed by atoms with Gasteiger partial charge in [0.05, 0.1) is 34.3 Å². The van der Waals surface area contributed by atoms with Crippen molar-refractivity contribution in [1.29, 1.82) is 0 Å². The van der Waals surface area contributed by atoms with Gasteiger partial charge in [-0.05, 0) is 108 Å². The van der Waals surface area contributed by atoms with Crippen LogP contribution in [0.15, 0.2) is 27.7 Å². The molecule has 14 nitrogen and oxygen atoms in total. The van der Waals surface area contributed by atoms with Gasteiger partial charge in [0.1, 0.15) is 27.5 Å². The lowest BCUT2D eigenvalue weighted by Gasteiger charge is -2.49. The predicted molar refractivity (Wildman–Crippen MR) is 234 cm³/mol. The number of ketones is 1. The molecular weight excluding hydrogens is 832 g/mol. The Kier molecular flexibility index (Phi) is 15.2. The molecule has 17 heteroatoms. The first-order valence-corrected chi connectivity index (χ1v) is 24.1. The van der Waals surface area contributed by atoms with Crippen molar-refractivity contribution in [1.82, 2.24) is 15.1 Å². The number of esters is 1. The number of aliphatic hydroxyl groups is 1. The van der Waals surface area contributed by atoms with Gasteiger partial charge in [0, 0.05) is 49.8 Å². The maximum atomic E-state index is 14.6. The van der Waals surface area contributed by atoms with Gasteiger partial charge in [-0.25, -0.2) is 9.00 Å². The lowest BCUT2D eigenvalue weighted by molar-refractivity contribution is -0.260. The van der Waals surface area contributed by atoms with Gasteiger partial charge in [-0.3, -0.25) is 9.79 Å². The van der Waals surface area contributed by atoms with Crippen molar-refractivity contribution >= 4 is 51.0 Å². The van der Waals surface area contributed by atoms with Crippen LogP contribution in [-0.2, 0) is 48.8 Å². The highest BCUT2D eigenvalue weighted by Crippen LogP contribution is 2.48. The van der Waals surface area contributed by atoms with Crippen molar-refractivity contribution < 1.29 is 47.3 Å². The quantitative estimate of drug-likeness (QED) is 0.205. The third-order valence-electron chi connectivity index (χ3n) is 14.0. The summed E-state index contributed by atoms with van der Waals surface area (Å²) >= 11 is 8.80. The van der Waals surface area contributed by atoms with Gasteiger partial charge in [0.15, 0.2) is 35.4 Å². The van der Waals surface area contributed by atoms with E-state index in [4.69, 9.17) is 45.0 Å². The SMILES string of the molecule is CO[C@H]1[S@@](=O)C2=CC(=O)[C@@](C)(O[C@@H]3CC[C@@H](N(C)C)[C@@H](C)O3)[C@H](O)CC/C(C)=C\[C@@H]3[C@@H](C)[C@@](C)(Cl)[C@@H](C[C@H]3O[C@@H]3CC[C@@H](N(C)C)[C@@H](C)O3)OC(=O)[C@H]3CSC(=N3)[C@]1(C)N2. The van der Waals surface area contributed by atoms with Crippen LogP contribution in [0.2, 0.25) is 0 Å². The molecular formula is C43H69ClN4O10S2. The van der Waals surface area contributed by atoms with Gasteiger partial charge in [0.2, 0.25) is 0 Å². The Hall–Kier alpha value is -1.44. The van der Waals surface area contributed by atoms with Gasteiger partial charge in [0.25, 0.3) is 0 Å². The van der Waals surface area contributed by atoms with Crippen LogP contribution in [0.1, 0.15) is 93.4 Å². The maximum absolute atomic E-state index is 14.6. The summed E-state index contributed by atoms with van der Waals surface area (Å²) in [4.78, 5) is 36.8. The third kappa shape index (κ3) is 9.64. The molecule has 0 aromatic rings. The van der Waals surface area contributed by atoms with Crippen LogP contribution >= 0.6 is 23.4 Å². The summed E-state index contributed by atoms with van der Waals surface area (Å²) in [7, 11) is 7.73. The number of methoxy groups -OCH3 is 1. The minimum atomic E-state index is -1.85. The van der Waals surface area contributed by atoms with E-state index in [1.54, 1.807) is 13.8 Å². The monoisotopic (exact) mass is 900 g/mol. The van der Waals surface area contributed by atoms with E-state index in [0.717, 1.165) is 18.4 Å². The van der Waals surface area contributed by atoms with Gasteiger partial charge >= 0.3 is 5.97 Å². The summed E-state index contributed by atoms with van der Waals surface area (Å²) < 4.78 is 52.4. The number of nitrogens with zero attached hydrogens (tertiary/aromatic N) is 3. The second-order valence-electron chi connectivity index (χ2n) is 18.7. The Bertz CT molecular complexity index is 1710. The zero-order chi connectivity index (χ0) is 44.1. The molecule has 0 aromatic carbocycles. The van der Waals surface area contributed by atoms with E-state index in [1.807, 2.05) is 34.9 Å². The Morgan fingerprint density at radius 1 is 0.983 bits per heavy atom. The molecule has 1 aliphatic carbocycles. The van der Waals surface area contributed by atoms with Crippen molar-refractivity contribution in [3.8, 4) is 0 Å². The minimum absolute atomic E-state index is 0.0455. The zero-order valence-corrected chi connectivity index (χ0v) is 39.9. The number of aliphatic hydroxyl groups excluding tert-OH is 1. The molecule has 6 heterocycles. The van der Waals surface area contributed by atoms with Crippen molar-refractivity contribution in [2.75, 3.05) is 41.1 Å². The Morgan fingerprint density at radius 2 is 1.60 bits per heavy atom. The summed E-state index contributed by atoms with van der Waals surface area (Å²) in [6, 6.07) is -0.414. The predicted octanol–water partition coefficient (Wildman–Crippen LogP) is 4.73. The first-order valence-electron chi connectivity index (χ1n) is 21.5. The number of halogens is 1. The maximum Gasteiger partial charge on any atom is 0.332 e. The van der Waals surface area contributed by atoms with E-state index < -0.39 is 80.9 Å². The van der Waals surface area contributed by atoms with E-state index in [2.05, 4.69) is 49.1 Å². The second-order valence-corrected chi connectivity index (χ2v) is 22.0. The lowest BCUT2D eigenvalue weighted by atomic mass is 9.69. The van der Waals surface area contributed by atoms with Gasteiger partial charge < -0.3 is 48.6 Å². The molecule has 340 valence electrons. The second kappa shape index (κ2) is 19.0. The molecule has 7 rings (SSSR count). The van der Waals surface area contributed by atoms with E-state index in [1.165, 1.54) is 24.9 Å². The molecule has 7 aliphatic rings. The van der Waals surface area contributed by atoms with Crippen LogP contribution in [0.3, 0.4) is 0 Å². The normalized spacial score (nSPS) is 46.7. The van der Waals surface area contributed by atoms with Crippen molar-refractivity contribution in [2.24, 2.45) is 16.8 Å². The summed E-state index contributed by atoms with van der Waals surface area (Å²) in [6.07, 6.45) is 3.47. The number of aliphatic imine (C=N–C) groups is 1. The first-order chi connectivity index (χ1) is 28.1. The molecule has 1 saturated carbocycles. The van der Waals surface area contributed by atoms with Crippen molar-refractivity contribution in [3.63, 3.8) is 0 Å². The van der Waals surface area contributed by atoms with E-state index in [-0.39, 0.29) is 47.6 Å². The summed E-state index contributed by atoms with van der Waals surface area (Å²) in [5.41, 5.74) is -2.90. The minimum Gasteiger partial charge on any atom is -0.459 e.